The van der Waals surface area contributed by atoms with Gasteiger partial charge in [-0.15, -0.1) is 11.3 Å². The van der Waals surface area contributed by atoms with E-state index in [-0.39, 0.29) is 24.4 Å². The molecule has 0 radical (unpaired) electrons. The van der Waals surface area contributed by atoms with Gasteiger partial charge in [-0.25, -0.2) is 4.98 Å². The molecule has 0 saturated carbocycles. The number of hydrogen-bond acceptors (Lipinski definition) is 4. The standard InChI is InChI=1S/C15H12ClN3O2S/c16-10-1-3-11(4-2-10)18-13(20)5-7-19-9-17-14-12(15(19)21)6-8-22-14/h1-4,6,8-9H,5,7H2,(H,18,20). The maximum atomic E-state index is 12.2. The third kappa shape index (κ3) is 3.18. The van der Waals surface area contributed by atoms with E-state index in [0.717, 1.165) is 0 Å². The first-order valence-electron chi connectivity index (χ1n) is 6.61. The highest BCUT2D eigenvalue weighted by molar-refractivity contribution is 7.16. The van der Waals surface area contributed by atoms with Gasteiger partial charge in [0.25, 0.3) is 5.56 Å². The molecule has 0 fully saturated rings. The summed E-state index contributed by atoms with van der Waals surface area (Å²) in [5.41, 5.74) is 0.554. The summed E-state index contributed by atoms with van der Waals surface area (Å²) in [6.45, 7) is 0.289. The SMILES string of the molecule is O=C(CCn1cnc2sccc2c1=O)Nc1ccc(Cl)cc1. The molecule has 0 bridgehead atoms. The summed E-state index contributed by atoms with van der Waals surface area (Å²) in [5.74, 6) is -0.167. The Balaban J connectivity index is 1.66. The average Bonchev–Trinajstić information content (AvgIpc) is 2.98. The van der Waals surface area contributed by atoms with Gasteiger partial charge in [0.15, 0.2) is 0 Å². The number of aromatic nitrogens is 2. The summed E-state index contributed by atoms with van der Waals surface area (Å²) in [6.07, 6.45) is 1.68. The molecule has 0 unspecified atom stereocenters. The molecule has 1 amide bonds. The van der Waals surface area contributed by atoms with Crippen LogP contribution in [0.1, 0.15) is 6.42 Å². The van der Waals surface area contributed by atoms with Crippen LogP contribution in [0, 0.1) is 0 Å². The van der Waals surface area contributed by atoms with Crippen molar-refractivity contribution in [2.45, 2.75) is 13.0 Å². The Kier molecular flexibility index (Phi) is 4.22. The van der Waals surface area contributed by atoms with Gasteiger partial charge in [0.05, 0.1) is 11.7 Å². The first-order chi connectivity index (χ1) is 10.6. The van der Waals surface area contributed by atoms with Crippen LogP contribution in [-0.2, 0) is 11.3 Å². The number of thiophene rings is 1. The van der Waals surface area contributed by atoms with Gasteiger partial charge >= 0.3 is 0 Å². The second-order valence-electron chi connectivity index (χ2n) is 4.69. The lowest BCUT2D eigenvalue weighted by atomic mass is 10.3. The molecule has 3 aromatic rings. The first kappa shape index (κ1) is 14.7. The molecule has 7 heteroatoms. The predicted molar refractivity (Wildman–Crippen MR) is 88.6 cm³/mol. The number of nitrogens with zero attached hydrogens (tertiary/aromatic N) is 2. The Morgan fingerprint density at radius 2 is 2.05 bits per heavy atom. The number of nitrogens with one attached hydrogen (secondary N) is 1. The summed E-state index contributed by atoms with van der Waals surface area (Å²) in [6, 6.07) is 8.61. The van der Waals surface area contributed by atoms with E-state index >= 15 is 0 Å². The molecule has 0 atom stereocenters. The number of fused-ring (bicyclic) bond motifs is 1. The molecule has 0 aliphatic carbocycles. The van der Waals surface area contributed by atoms with Crippen LogP contribution >= 0.6 is 22.9 Å². The predicted octanol–water partition coefficient (Wildman–Crippen LogP) is 3.14. The van der Waals surface area contributed by atoms with E-state index in [2.05, 4.69) is 10.3 Å². The van der Waals surface area contributed by atoms with Crippen molar-refractivity contribution in [3.05, 3.63) is 57.4 Å². The molecule has 1 N–H and O–H groups in total. The number of aryl methyl sites for hydroxylation is 1. The molecule has 2 heterocycles. The normalized spacial score (nSPS) is 10.8. The summed E-state index contributed by atoms with van der Waals surface area (Å²) in [4.78, 5) is 29.0. The number of carbonyl (C=O) groups is 1. The summed E-state index contributed by atoms with van der Waals surface area (Å²) in [7, 11) is 0. The number of halogens is 1. The van der Waals surface area contributed by atoms with Crippen molar-refractivity contribution in [3.63, 3.8) is 0 Å². The molecule has 3 rings (SSSR count). The van der Waals surface area contributed by atoms with E-state index in [0.29, 0.717) is 20.9 Å². The molecular formula is C15H12ClN3O2S. The van der Waals surface area contributed by atoms with Gasteiger partial charge in [-0.1, -0.05) is 11.6 Å². The number of benzene rings is 1. The largest absolute Gasteiger partial charge is 0.326 e. The van der Waals surface area contributed by atoms with Gasteiger partial charge in [0.2, 0.25) is 5.91 Å². The minimum absolute atomic E-state index is 0.120. The Hall–Kier alpha value is -2.18. The average molecular weight is 334 g/mol. The molecule has 0 saturated heterocycles. The topological polar surface area (TPSA) is 64.0 Å². The van der Waals surface area contributed by atoms with Gasteiger partial charge in [-0.2, -0.15) is 0 Å². The van der Waals surface area contributed by atoms with E-state index in [1.165, 1.54) is 22.2 Å². The van der Waals surface area contributed by atoms with Crippen molar-refractivity contribution in [2.24, 2.45) is 0 Å². The fraction of sp³-hybridized carbons (Fsp3) is 0.133. The van der Waals surface area contributed by atoms with Crippen molar-refractivity contribution in [2.75, 3.05) is 5.32 Å². The molecular weight excluding hydrogens is 322 g/mol. The smallest absolute Gasteiger partial charge is 0.262 e. The van der Waals surface area contributed by atoms with E-state index in [1.54, 1.807) is 30.3 Å². The second kappa shape index (κ2) is 6.29. The molecule has 0 aliphatic heterocycles. The fourth-order valence-electron chi connectivity index (χ4n) is 2.03. The monoisotopic (exact) mass is 333 g/mol. The highest BCUT2D eigenvalue weighted by Gasteiger charge is 2.07. The van der Waals surface area contributed by atoms with Crippen LogP contribution < -0.4 is 10.9 Å². The van der Waals surface area contributed by atoms with Crippen LogP contribution in [0.25, 0.3) is 10.2 Å². The quantitative estimate of drug-likeness (QED) is 0.797. The van der Waals surface area contributed by atoms with Crippen molar-refractivity contribution >= 4 is 44.7 Å². The van der Waals surface area contributed by atoms with Crippen LogP contribution in [0.3, 0.4) is 0 Å². The van der Waals surface area contributed by atoms with E-state index < -0.39 is 0 Å². The maximum Gasteiger partial charge on any atom is 0.262 e. The van der Waals surface area contributed by atoms with Gasteiger partial charge in [0, 0.05) is 23.7 Å². The zero-order valence-corrected chi connectivity index (χ0v) is 13.0. The van der Waals surface area contributed by atoms with Crippen molar-refractivity contribution in [1.29, 1.82) is 0 Å². The Morgan fingerprint density at radius 1 is 1.27 bits per heavy atom. The zero-order valence-electron chi connectivity index (χ0n) is 11.5. The van der Waals surface area contributed by atoms with Gasteiger partial charge in [-0.05, 0) is 35.7 Å². The molecule has 0 aliphatic rings. The molecule has 0 spiro atoms. The lowest BCUT2D eigenvalue weighted by Gasteiger charge is -2.07. The summed E-state index contributed by atoms with van der Waals surface area (Å²) >= 11 is 7.21. The van der Waals surface area contributed by atoms with Crippen LogP contribution in [0.15, 0.2) is 46.8 Å². The Labute approximate surface area is 135 Å². The van der Waals surface area contributed by atoms with Gasteiger partial charge in [-0.3, -0.25) is 14.2 Å². The third-order valence-corrected chi connectivity index (χ3v) is 4.23. The molecule has 2 aromatic heterocycles. The van der Waals surface area contributed by atoms with Crippen LogP contribution in [-0.4, -0.2) is 15.5 Å². The van der Waals surface area contributed by atoms with Crippen molar-refractivity contribution in [1.82, 2.24) is 9.55 Å². The summed E-state index contributed by atoms with van der Waals surface area (Å²) < 4.78 is 1.45. The molecule has 1 aromatic carbocycles. The van der Waals surface area contributed by atoms with Crippen LogP contribution in [0.4, 0.5) is 5.69 Å². The van der Waals surface area contributed by atoms with Crippen LogP contribution in [0.5, 0.6) is 0 Å². The molecule has 112 valence electrons. The minimum Gasteiger partial charge on any atom is -0.326 e. The molecule has 22 heavy (non-hydrogen) atoms. The highest BCUT2D eigenvalue weighted by Crippen LogP contribution is 2.14. The van der Waals surface area contributed by atoms with Gasteiger partial charge in [0.1, 0.15) is 4.83 Å². The second-order valence-corrected chi connectivity index (χ2v) is 6.02. The lowest BCUT2D eigenvalue weighted by Crippen LogP contribution is -2.23. The number of amides is 1. The van der Waals surface area contributed by atoms with Gasteiger partial charge < -0.3 is 5.32 Å². The van der Waals surface area contributed by atoms with E-state index in [9.17, 15) is 9.59 Å². The number of rotatable bonds is 4. The van der Waals surface area contributed by atoms with Crippen LogP contribution in [0.2, 0.25) is 5.02 Å². The number of anilines is 1. The Bertz CT molecular complexity index is 870. The lowest BCUT2D eigenvalue weighted by molar-refractivity contribution is -0.116. The van der Waals surface area contributed by atoms with Crippen molar-refractivity contribution < 1.29 is 4.79 Å². The number of carbonyl (C=O) groups excluding carboxylic acids is 1. The Morgan fingerprint density at radius 3 is 2.82 bits per heavy atom. The minimum atomic E-state index is -0.167. The van der Waals surface area contributed by atoms with E-state index in [1.807, 2.05) is 5.38 Å². The summed E-state index contributed by atoms with van der Waals surface area (Å²) in [5, 5.41) is 5.79. The third-order valence-electron chi connectivity index (χ3n) is 3.16. The fourth-order valence-corrected chi connectivity index (χ4v) is 2.88. The molecule has 5 nitrogen and oxygen atoms in total. The number of hydrogen-bond donors (Lipinski definition) is 1. The zero-order chi connectivity index (χ0) is 15.5. The van der Waals surface area contributed by atoms with E-state index in [4.69, 9.17) is 11.6 Å². The highest BCUT2D eigenvalue weighted by atomic mass is 35.5. The maximum absolute atomic E-state index is 12.2. The first-order valence-corrected chi connectivity index (χ1v) is 7.87. The van der Waals surface area contributed by atoms with Crippen molar-refractivity contribution in [3.8, 4) is 0 Å².